The summed E-state index contributed by atoms with van der Waals surface area (Å²) in [6.45, 7) is 13.6. The van der Waals surface area contributed by atoms with Crippen molar-refractivity contribution in [2.24, 2.45) is 11.8 Å². The molecule has 3 amide bonds. The quantitative estimate of drug-likeness (QED) is 0.279. The predicted molar refractivity (Wildman–Crippen MR) is 140 cm³/mol. The molecule has 3 rings (SSSR count). The van der Waals surface area contributed by atoms with E-state index in [0.29, 0.717) is 32.6 Å². The van der Waals surface area contributed by atoms with Crippen molar-refractivity contribution in [3.8, 4) is 0 Å². The standard InChI is InChI=1S/C25H38BrN3O4S/c1-5-9-13-28(12-8-4)24(33)21-25-16-17(26)20(34-25)18(19(25)23(32)29(21)14-15-30)22(31)27(10-6-2)11-7-3/h6,8,17-21,30H,2,4-5,7,9-16H2,1,3H3/t17?,18-,19-,20-,21?,25?/m0/s1. The Kier molecular flexibility index (Phi) is 9.31. The highest BCUT2D eigenvalue weighted by Crippen LogP contribution is 2.68. The van der Waals surface area contributed by atoms with Gasteiger partial charge in [-0.2, -0.15) is 0 Å². The molecule has 3 saturated heterocycles. The van der Waals surface area contributed by atoms with E-state index < -0.39 is 22.6 Å². The van der Waals surface area contributed by atoms with Gasteiger partial charge in [0.2, 0.25) is 17.7 Å². The number of alkyl halides is 1. The number of fused-ring (bicyclic) bond motifs is 1. The number of β-amino-alcohol motifs (C(OH)–C–C–N with tert-alkyl or cyclic N) is 1. The van der Waals surface area contributed by atoms with Crippen LogP contribution in [0.25, 0.3) is 0 Å². The molecule has 0 radical (unpaired) electrons. The second-order valence-electron chi connectivity index (χ2n) is 9.42. The summed E-state index contributed by atoms with van der Waals surface area (Å²) in [4.78, 5) is 46.8. The van der Waals surface area contributed by atoms with Crippen LogP contribution in [0, 0.1) is 11.8 Å². The van der Waals surface area contributed by atoms with E-state index in [4.69, 9.17) is 0 Å². The van der Waals surface area contributed by atoms with Crippen LogP contribution in [0.3, 0.4) is 0 Å². The van der Waals surface area contributed by atoms with Gasteiger partial charge in [-0.05, 0) is 19.3 Å². The minimum Gasteiger partial charge on any atom is -0.395 e. The summed E-state index contributed by atoms with van der Waals surface area (Å²) in [5, 5.41) is 9.71. The Balaban J connectivity index is 2.03. The molecule has 0 saturated carbocycles. The van der Waals surface area contributed by atoms with Gasteiger partial charge in [0.05, 0.1) is 23.2 Å². The van der Waals surface area contributed by atoms with Crippen molar-refractivity contribution in [2.45, 2.75) is 60.4 Å². The summed E-state index contributed by atoms with van der Waals surface area (Å²) in [5.74, 6) is -1.37. The van der Waals surface area contributed by atoms with E-state index in [0.717, 1.165) is 19.3 Å². The summed E-state index contributed by atoms with van der Waals surface area (Å²) in [5.41, 5.74) is 0. The third-order valence-corrected chi connectivity index (χ3v) is 10.5. The molecule has 3 fully saturated rings. The molecular formula is C25H38BrN3O4S. The average molecular weight is 557 g/mol. The van der Waals surface area contributed by atoms with Crippen LogP contribution in [0.1, 0.15) is 39.5 Å². The molecule has 0 aromatic heterocycles. The highest BCUT2D eigenvalue weighted by molar-refractivity contribution is 9.09. The van der Waals surface area contributed by atoms with Crippen LogP contribution >= 0.6 is 27.7 Å². The van der Waals surface area contributed by atoms with Crippen LogP contribution in [0.15, 0.2) is 25.3 Å². The van der Waals surface area contributed by atoms with Crippen LogP contribution in [0.5, 0.6) is 0 Å². The molecule has 1 spiro atoms. The molecule has 1 N–H and O–H groups in total. The number of thioether (sulfide) groups is 1. The fourth-order valence-corrected chi connectivity index (χ4v) is 9.54. The molecular weight excluding hydrogens is 518 g/mol. The predicted octanol–water partition coefficient (Wildman–Crippen LogP) is 2.68. The zero-order valence-corrected chi connectivity index (χ0v) is 22.7. The van der Waals surface area contributed by atoms with Crippen LogP contribution in [-0.4, -0.2) is 97.7 Å². The van der Waals surface area contributed by atoms with Crippen LogP contribution in [0.2, 0.25) is 0 Å². The summed E-state index contributed by atoms with van der Waals surface area (Å²) < 4.78 is -0.680. The lowest BCUT2D eigenvalue weighted by Gasteiger charge is -2.38. The number of hydrogen-bond donors (Lipinski definition) is 1. The zero-order chi connectivity index (χ0) is 25.0. The molecule has 3 heterocycles. The first-order valence-corrected chi connectivity index (χ1v) is 14.1. The van der Waals surface area contributed by atoms with Crippen molar-refractivity contribution >= 4 is 45.4 Å². The Hall–Kier alpha value is -1.32. The highest BCUT2D eigenvalue weighted by Gasteiger charge is 2.75. The molecule has 34 heavy (non-hydrogen) atoms. The molecule has 0 aromatic carbocycles. The lowest BCUT2D eigenvalue weighted by atomic mass is 9.70. The van der Waals surface area contributed by atoms with Gasteiger partial charge in [0, 0.05) is 42.8 Å². The van der Waals surface area contributed by atoms with Gasteiger partial charge in [-0.25, -0.2) is 0 Å². The number of carbonyl (C=O) groups excluding carboxylic acids is 3. The number of rotatable bonds is 13. The normalized spacial score (nSPS) is 31.5. The van der Waals surface area contributed by atoms with Gasteiger partial charge >= 0.3 is 0 Å². The van der Waals surface area contributed by atoms with Gasteiger partial charge in [-0.1, -0.05) is 48.4 Å². The van der Waals surface area contributed by atoms with E-state index in [1.165, 1.54) is 0 Å². The molecule has 7 nitrogen and oxygen atoms in total. The SMILES string of the molecule is C=CCN(CCCC)C(=O)C1N(CCO)C(=O)[C@@H]2[C@H](C(=O)N(CC=C)CCC)[C@H]3SC12CC3Br. The summed E-state index contributed by atoms with van der Waals surface area (Å²) in [6.07, 6.45) is 6.71. The zero-order valence-electron chi connectivity index (χ0n) is 20.3. The number of aliphatic hydroxyl groups excluding tert-OH is 1. The molecule has 2 bridgehead atoms. The van der Waals surface area contributed by atoms with E-state index >= 15 is 0 Å². The Bertz CT molecular complexity index is 811. The maximum absolute atomic E-state index is 14.0. The first kappa shape index (κ1) is 27.3. The monoisotopic (exact) mass is 555 g/mol. The molecule has 3 aliphatic heterocycles. The van der Waals surface area contributed by atoms with Crippen LogP contribution in [0.4, 0.5) is 0 Å². The van der Waals surface area contributed by atoms with Gasteiger partial charge < -0.3 is 19.8 Å². The molecule has 0 aliphatic carbocycles. The maximum Gasteiger partial charge on any atom is 0.247 e. The van der Waals surface area contributed by atoms with Crippen molar-refractivity contribution in [3.63, 3.8) is 0 Å². The van der Waals surface area contributed by atoms with Gasteiger partial charge in [-0.3, -0.25) is 14.4 Å². The molecule has 3 unspecified atom stereocenters. The van der Waals surface area contributed by atoms with Crippen molar-refractivity contribution in [1.29, 1.82) is 0 Å². The van der Waals surface area contributed by atoms with Gasteiger partial charge in [0.15, 0.2) is 0 Å². The summed E-state index contributed by atoms with van der Waals surface area (Å²) >= 11 is 5.43. The number of halogens is 1. The molecule has 6 atom stereocenters. The Morgan fingerprint density at radius 3 is 2.38 bits per heavy atom. The van der Waals surface area contributed by atoms with Crippen molar-refractivity contribution < 1.29 is 19.5 Å². The smallest absolute Gasteiger partial charge is 0.247 e. The van der Waals surface area contributed by atoms with Gasteiger partial charge in [-0.15, -0.1) is 24.9 Å². The van der Waals surface area contributed by atoms with E-state index in [-0.39, 0.29) is 41.0 Å². The fraction of sp³-hybridized carbons (Fsp3) is 0.720. The number of unbranched alkanes of at least 4 members (excludes halogenated alkanes) is 1. The van der Waals surface area contributed by atoms with Gasteiger partial charge in [0.25, 0.3) is 0 Å². The van der Waals surface area contributed by atoms with Crippen LogP contribution < -0.4 is 0 Å². The van der Waals surface area contributed by atoms with Gasteiger partial charge in [0.1, 0.15) is 6.04 Å². The Morgan fingerprint density at radius 1 is 1.18 bits per heavy atom. The number of hydrogen-bond acceptors (Lipinski definition) is 5. The average Bonchev–Trinajstić information content (AvgIpc) is 3.39. The van der Waals surface area contributed by atoms with E-state index in [2.05, 4.69) is 36.0 Å². The number of nitrogens with zero attached hydrogens (tertiary/aromatic N) is 3. The van der Waals surface area contributed by atoms with Crippen molar-refractivity contribution in [2.75, 3.05) is 39.3 Å². The number of amides is 3. The first-order valence-electron chi connectivity index (χ1n) is 12.3. The fourth-order valence-electron chi connectivity index (χ4n) is 5.94. The summed E-state index contributed by atoms with van der Waals surface area (Å²) in [6, 6.07) is -0.694. The lowest BCUT2D eigenvalue weighted by molar-refractivity contribution is -0.145. The second-order valence-corrected chi connectivity index (χ2v) is 12.1. The third-order valence-electron chi connectivity index (χ3n) is 7.25. The number of likely N-dealkylation sites (tertiary alicyclic amines) is 1. The second kappa shape index (κ2) is 11.6. The van der Waals surface area contributed by atoms with E-state index in [1.807, 2.05) is 6.92 Å². The van der Waals surface area contributed by atoms with Crippen molar-refractivity contribution in [3.05, 3.63) is 25.3 Å². The molecule has 9 heteroatoms. The third kappa shape index (κ3) is 4.60. The molecule has 190 valence electrons. The maximum atomic E-state index is 14.0. The van der Waals surface area contributed by atoms with E-state index in [1.54, 1.807) is 38.6 Å². The minimum absolute atomic E-state index is 0.0328. The van der Waals surface area contributed by atoms with Crippen LogP contribution in [-0.2, 0) is 14.4 Å². The molecule has 0 aromatic rings. The Labute approximate surface area is 216 Å². The topological polar surface area (TPSA) is 81.2 Å². The lowest BCUT2D eigenvalue weighted by Crippen LogP contribution is -2.56. The highest BCUT2D eigenvalue weighted by atomic mass is 79.9. The Morgan fingerprint density at radius 2 is 1.82 bits per heavy atom. The number of carbonyl (C=O) groups is 3. The molecule has 3 aliphatic rings. The number of aliphatic hydroxyl groups is 1. The van der Waals surface area contributed by atoms with Crippen molar-refractivity contribution in [1.82, 2.24) is 14.7 Å². The largest absolute Gasteiger partial charge is 0.395 e. The first-order chi connectivity index (χ1) is 16.3. The minimum atomic E-state index is -0.694. The summed E-state index contributed by atoms with van der Waals surface area (Å²) in [7, 11) is 0. The van der Waals surface area contributed by atoms with E-state index in [9.17, 15) is 19.5 Å².